The summed E-state index contributed by atoms with van der Waals surface area (Å²) in [7, 11) is 1.52. The number of carbonyl (C=O) groups excluding carboxylic acids is 1. The van der Waals surface area contributed by atoms with Gasteiger partial charge >= 0.3 is 0 Å². The van der Waals surface area contributed by atoms with Gasteiger partial charge in [-0.1, -0.05) is 0 Å². The summed E-state index contributed by atoms with van der Waals surface area (Å²) in [6, 6.07) is 4.58. The van der Waals surface area contributed by atoms with Crippen LogP contribution in [0.1, 0.15) is 23.2 Å². The van der Waals surface area contributed by atoms with E-state index in [2.05, 4.69) is 27.9 Å². The van der Waals surface area contributed by atoms with Gasteiger partial charge in [0.25, 0.3) is 11.8 Å². The molecule has 0 spiro atoms. The van der Waals surface area contributed by atoms with Crippen LogP contribution in [0.3, 0.4) is 0 Å². The van der Waals surface area contributed by atoms with Crippen LogP contribution >= 0.6 is 22.6 Å². The normalized spacial score (nSPS) is 18.0. The molecule has 1 aromatic rings. The molecule has 6 heteroatoms. The highest BCUT2D eigenvalue weighted by Gasteiger charge is 2.45. The van der Waals surface area contributed by atoms with Crippen molar-refractivity contribution in [1.29, 1.82) is 0 Å². The van der Waals surface area contributed by atoms with Gasteiger partial charge in [0.05, 0.1) is 10.7 Å². The highest BCUT2D eigenvalue weighted by molar-refractivity contribution is 14.1. The van der Waals surface area contributed by atoms with Crippen molar-refractivity contribution in [3.8, 4) is 5.75 Å². The summed E-state index contributed by atoms with van der Waals surface area (Å²) in [5.74, 6) is -2.37. The monoisotopic (exact) mass is 367 g/mol. The molecule has 18 heavy (non-hydrogen) atoms. The lowest BCUT2D eigenvalue weighted by atomic mass is 9.88. The molecular weight excluding hydrogens is 355 g/mol. The van der Waals surface area contributed by atoms with E-state index in [0.29, 0.717) is 11.3 Å². The van der Waals surface area contributed by atoms with Crippen molar-refractivity contribution in [2.45, 2.75) is 24.8 Å². The molecule has 1 aromatic carbocycles. The molecule has 2 rings (SSSR count). The Kier molecular flexibility index (Phi) is 3.74. The Morgan fingerprint density at radius 2 is 2.17 bits per heavy atom. The third-order valence-electron chi connectivity index (χ3n) is 2.84. The Labute approximate surface area is 117 Å². The Morgan fingerprint density at radius 3 is 2.72 bits per heavy atom. The lowest BCUT2D eigenvalue weighted by Crippen LogP contribution is -2.50. The first-order valence-electron chi connectivity index (χ1n) is 5.43. The van der Waals surface area contributed by atoms with Gasteiger partial charge in [0, 0.05) is 24.4 Å². The van der Waals surface area contributed by atoms with E-state index in [0.717, 1.165) is 3.57 Å². The molecule has 98 valence electrons. The number of carbonyl (C=O) groups is 1. The van der Waals surface area contributed by atoms with Crippen LogP contribution in [0.5, 0.6) is 5.75 Å². The molecule has 1 amide bonds. The number of alkyl halides is 2. The lowest BCUT2D eigenvalue weighted by molar-refractivity contribution is -0.0901. The van der Waals surface area contributed by atoms with Gasteiger partial charge in [0.15, 0.2) is 0 Å². The Hall–Kier alpha value is -0.920. The van der Waals surface area contributed by atoms with Gasteiger partial charge in [-0.2, -0.15) is 0 Å². The number of benzene rings is 1. The van der Waals surface area contributed by atoms with Gasteiger partial charge in [-0.3, -0.25) is 4.79 Å². The van der Waals surface area contributed by atoms with Gasteiger partial charge in [0.1, 0.15) is 5.75 Å². The van der Waals surface area contributed by atoms with E-state index in [-0.39, 0.29) is 18.7 Å². The molecule has 1 saturated carbocycles. The van der Waals surface area contributed by atoms with E-state index in [1.165, 1.54) is 7.11 Å². The van der Waals surface area contributed by atoms with Crippen molar-refractivity contribution in [2.24, 2.45) is 0 Å². The van der Waals surface area contributed by atoms with Gasteiger partial charge in [-0.15, -0.1) is 0 Å². The topological polar surface area (TPSA) is 38.3 Å². The molecule has 0 bridgehead atoms. The first kappa shape index (κ1) is 13.5. The maximum Gasteiger partial charge on any atom is 0.252 e. The second kappa shape index (κ2) is 4.99. The molecule has 1 aliphatic rings. The molecule has 0 atom stereocenters. The first-order chi connectivity index (χ1) is 8.41. The predicted molar refractivity (Wildman–Crippen MR) is 71.1 cm³/mol. The number of amides is 1. The Balaban J connectivity index is 2.01. The van der Waals surface area contributed by atoms with Gasteiger partial charge in [0.2, 0.25) is 0 Å². The third kappa shape index (κ3) is 2.90. The fourth-order valence-corrected chi connectivity index (χ4v) is 2.39. The zero-order valence-electron chi connectivity index (χ0n) is 9.67. The summed E-state index contributed by atoms with van der Waals surface area (Å²) < 4.78 is 31.3. The maximum absolute atomic E-state index is 12.6. The summed E-state index contributed by atoms with van der Waals surface area (Å²) in [6.45, 7) is 0. The molecule has 0 aromatic heterocycles. The number of ether oxygens (including phenoxy) is 1. The smallest absolute Gasteiger partial charge is 0.252 e. The number of hydrogen-bond donors (Lipinski definition) is 1. The van der Waals surface area contributed by atoms with Gasteiger partial charge < -0.3 is 10.1 Å². The van der Waals surface area contributed by atoms with E-state index in [1.54, 1.807) is 18.2 Å². The minimum atomic E-state index is -2.62. The van der Waals surface area contributed by atoms with Crippen LogP contribution in [0.4, 0.5) is 8.78 Å². The lowest BCUT2D eigenvalue weighted by Gasteiger charge is -2.35. The van der Waals surface area contributed by atoms with E-state index in [4.69, 9.17) is 4.74 Å². The van der Waals surface area contributed by atoms with Crippen LogP contribution in [0.25, 0.3) is 0 Å². The van der Waals surface area contributed by atoms with E-state index in [1.807, 2.05) is 0 Å². The molecule has 1 fully saturated rings. The van der Waals surface area contributed by atoms with Crippen molar-refractivity contribution in [2.75, 3.05) is 7.11 Å². The Morgan fingerprint density at radius 1 is 1.50 bits per heavy atom. The average Bonchev–Trinajstić information content (AvgIpc) is 2.27. The van der Waals surface area contributed by atoms with Crippen molar-refractivity contribution < 1.29 is 18.3 Å². The summed E-state index contributed by atoms with van der Waals surface area (Å²) in [6.07, 6.45) is -0.555. The zero-order valence-corrected chi connectivity index (χ0v) is 11.8. The fraction of sp³-hybridized carbons (Fsp3) is 0.417. The van der Waals surface area contributed by atoms with Crippen LogP contribution in [0, 0.1) is 3.57 Å². The van der Waals surface area contributed by atoms with E-state index >= 15 is 0 Å². The second-order valence-electron chi connectivity index (χ2n) is 4.28. The summed E-state index contributed by atoms with van der Waals surface area (Å²) in [5, 5.41) is 2.58. The largest absolute Gasteiger partial charge is 0.496 e. The molecule has 1 N–H and O–H groups in total. The van der Waals surface area contributed by atoms with Crippen LogP contribution in [-0.4, -0.2) is 25.0 Å². The molecule has 0 radical (unpaired) electrons. The first-order valence-corrected chi connectivity index (χ1v) is 6.51. The molecule has 0 saturated heterocycles. The van der Waals surface area contributed by atoms with Crippen LogP contribution in [0.2, 0.25) is 0 Å². The van der Waals surface area contributed by atoms with Gasteiger partial charge in [-0.25, -0.2) is 8.78 Å². The molecule has 0 heterocycles. The standard InChI is InChI=1S/C12H12F2INO2/c1-18-10-4-7(2-3-9(10)15)11(17)16-8-5-12(13,14)6-8/h2-4,8H,5-6H2,1H3,(H,16,17). The van der Waals surface area contributed by atoms with Crippen molar-refractivity contribution in [1.82, 2.24) is 5.32 Å². The zero-order chi connectivity index (χ0) is 13.3. The predicted octanol–water partition coefficient (Wildman–Crippen LogP) is 2.83. The minimum absolute atomic E-state index is 0.278. The molecule has 0 aliphatic heterocycles. The summed E-state index contributed by atoms with van der Waals surface area (Å²) in [5.41, 5.74) is 0.419. The fourth-order valence-electron chi connectivity index (χ4n) is 1.83. The summed E-state index contributed by atoms with van der Waals surface area (Å²) in [4.78, 5) is 11.8. The molecule has 0 unspecified atom stereocenters. The third-order valence-corrected chi connectivity index (χ3v) is 3.73. The number of hydrogen-bond acceptors (Lipinski definition) is 2. The number of methoxy groups -OCH3 is 1. The highest BCUT2D eigenvalue weighted by Crippen LogP contribution is 2.37. The molecule has 3 nitrogen and oxygen atoms in total. The van der Waals surface area contributed by atoms with Crippen molar-refractivity contribution in [3.05, 3.63) is 27.3 Å². The maximum atomic E-state index is 12.6. The van der Waals surface area contributed by atoms with Crippen molar-refractivity contribution in [3.63, 3.8) is 0 Å². The van der Waals surface area contributed by atoms with E-state index in [9.17, 15) is 13.6 Å². The number of rotatable bonds is 3. The number of halogens is 3. The molecular formula is C12H12F2INO2. The second-order valence-corrected chi connectivity index (χ2v) is 5.45. The van der Waals surface area contributed by atoms with Crippen LogP contribution in [0.15, 0.2) is 18.2 Å². The van der Waals surface area contributed by atoms with E-state index < -0.39 is 12.0 Å². The van der Waals surface area contributed by atoms with Crippen molar-refractivity contribution >= 4 is 28.5 Å². The van der Waals surface area contributed by atoms with Crippen LogP contribution in [-0.2, 0) is 0 Å². The highest BCUT2D eigenvalue weighted by atomic mass is 127. The number of nitrogens with one attached hydrogen (secondary N) is 1. The SMILES string of the molecule is COc1cc(C(=O)NC2CC(F)(F)C2)ccc1I. The van der Waals surface area contributed by atoms with Crippen LogP contribution < -0.4 is 10.1 Å². The van der Waals surface area contributed by atoms with Gasteiger partial charge in [-0.05, 0) is 40.8 Å². The minimum Gasteiger partial charge on any atom is -0.496 e. The Bertz CT molecular complexity index is 471. The quantitative estimate of drug-likeness (QED) is 0.835. The summed E-state index contributed by atoms with van der Waals surface area (Å²) >= 11 is 2.09. The average molecular weight is 367 g/mol. The molecule has 1 aliphatic carbocycles.